The quantitative estimate of drug-likeness (QED) is 0.820. The highest BCUT2D eigenvalue weighted by atomic mass is 19.1. The van der Waals surface area contributed by atoms with Crippen molar-refractivity contribution in [3.05, 3.63) is 35.4 Å². The fourth-order valence-corrected chi connectivity index (χ4v) is 2.54. The number of halogens is 2. The summed E-state index contributed by atoms with van der Waals surface area (Å²) in [4.78, 5) is 27.2. The van der Waals surface area contributed by atoms with E-state index in [0.29, 0.717) is 5.56 Å². The topological polar surface area (TPSA) is 52.7 Å². The van der Waals surface area contributed by atoms with Gasteiger partial charge >= 0.3 is 0 Å². The van der Waals surface area contributed by atoms with Crippen molar-refractivity contribution in [1.82, 2.24) is 15.1 Å². The zero-order valence-electron chi connectivity index (χ0n) is 14.2. The molecular formula is C17H23F2N3O2. The van der Waals surface area contributed by atoms with E-state index in [1.54, 1.807) is 21.0 Å². The first kappa shape index (κ1) is 18.3. The van der Waals surface area contributed by atoms with Gasteiger partial charge in [-0.15, -0.1) is 0 Å². The molecule has 0 heterocycles. The van der Waals surface area contributed by atoms with E-state index in [0.717, 1.165) is 18.9 Å². The number of hydrogen-bond donors (Lipinski definition) is 1. The van der Waals surface area contributed by atoms with Gasteiger partial charge in [0.15, 0.2) is 0 Å². The van der Waals surface area contributed by atoms with Gasteiger partial charge in [0.2, 0.25) is 11.8 Å². The average molecular weight is 339 g/mol. The molecule has 1 fully saturated rings. The molecule has 24 heavy (non-hydrogen) atoms. The van der Waals surface area contributed by atoms with Gasteiger partial charge in [0.1, 0.15) is 17.7 Å². The number of carbonyl (C=O) groups excluding carboxylic acids is 2. The van der Waals surface area contributed by atoms with Crippen molar-refractivity contribution in [1.29, 1.82) is 0 Å². The molecule has 1 N–H and O–H groups in total. The van der Waals surface area contributed by atoms with E-state index >= 15 is 0 Å². The van der Waals surface area contributed by atoms with Crippen LogP contribution >= 0.6 is 0 Å². The molecule has 0 radical (unpaired) electrons. The monoisotopic (exact) mass is 339 g/mol. The number of hydrogen-bond acceptors (Lipinski definition) is 3. The van der Waals surface area contributed by atoms with E-state index in [1.165, 1.54) is 17.0 Å². The Bertz CT molecular complexity index is 618. The molecule has 132 valence electrons. The Hall–Kier alpha value is -2.02. The fourth-order valence-electron chi connectivity index (χ4n) is 2.54. The van der Waals surface area contributed by atoms with Crippen LogP contribution in [0.1, 0.15) is 25.3 Å². The Kier molecular flexibility index (Phi) is 5.88. The standard InChI is InChI=1S/C17H23F2N3O2/c1-11(17(24)21(2)3)20-16(23)10-22(14-6-7-14)9-12-4-5-13(18)8-15(12)19/h4-5,8,11,14H,6-7,9-10H2,1-3H3,(H,20,23). The predicted molar refractivity (Wildman–Crippen MR) is 86.1 cm³/mol. The van der Waals surface area contributed by atoms with Gasteiger partial charge in [-0.2, -0.15) is 0 Å². The lowest BCUT2D eigenvalue weighted by atomic mass is 10.2. The summed E-state index contributed by atoms with van der Waals surface area (Å²) < 4.78 is 26.8. The molecule has 0 saturated heterocycles. The van der Waals surface area contributed by atoms with Crippen molar-refractivity contribution < 1.29 is 18.4 Å². The van der Waals surface area contributed by atoms with E-state index < -0.39 is 17.7 Å². The number of nitrogens with one attached hydrogen (secondary N) is 1. The SMILES string of the molecule is CC(NC(=O)CN(Cc1ccc(F)cc1F)C1CC1)C(=O)N(C)C. The predicted octanol–water partition coefficient (Wildman–Crippen LogP) is 1.52. The first-order valence-electron chi connectivity index (χ1n) is 7.96. The van der Waals surface area contributed by atoms with Crippen LogP contribution in [0.4, 0.5) is 8.78 Å². The van der Waals surface area contributed by atoms with Crippen LogP contribution in [0.15, 0.2) is 18.2 Å². The van der Waals surface area contributed by atoms with E-state index in [4.69, 9.17) is 0 Å². The van der Waals surface area contributed by atoms with Crippen molar-refractivity contribution in [3.63, 3.8) is 0 Å². The van der Waals surface area contributed by atoms with Crippen LogP contribution < -0.4 is 5.32 Å². The van der Waals surface area contributed by atoms with Gasteiger partial charge < -0.3 is 10.2 Å². The normalized spacial score (nSPS) is 15.2. The maximum atomic E-state index is 13.8. The summed E-state index contributed by atoms with van der Waals surface area (Å²) >= 11 is 0. The maximum Gasteiger partial charge on any atom is 0.244 e. The number of carbonyl (C=O) groups is 2. The summed E-state index contributed by atoms with van der Waals surface area (Å²) in [6.45, 7) is 1.94. The Morgan fingerprint density at radius 2 is 1.96 bits per heavy atom. The third kappa shape index (κ3) is 4.99. The summed E-state index contributed by atoms with van der Waals surface area (Å²) in [7, 11) is 3.25. The Morgan fingerprint density at radius 1 is 1.29 bits per heavy atom. The van der Waals surface area contributed by atoms with Gasteiger partial charge in [0.05, 0.1) is 6.54 Å². The summed E-state index contributed by atoms with van der Waals surface area (Å²) in [6.07, 6.45) is 1.89. The van der Waals surface area contributed by atoms with Gasteiger partial charge in [-0.05, 0) is 25.8 Å². The number of likely N-dealkylation sites (N-methyl/N-ethyl adjacent to an activating group) is 1. The third-order valence-corrected chi connectivity index (χ3v) is 3.99. The zero-order valence-corrected chi connectivity index (χ0v) is 14.2. The molecule has 0 aliphatic heterocycles. The molecule has 0 aromatic heterocycles. The van der Waals surface area contributed by atoms with Crippen LogP contribution in [-0.4, -0.2) is 54.3 Å². The van der Waals surface area contributed by atoms with Gasteiger partial charge in [0.25, 0.3) is 0 Å². The molecule has 1 saturated carbocycles. The van der Waals surface area contributed by atoms with Crippen molar-refractivity contribution in [2.24, 2.45) is 0 Å². The van der Waals surface area contributed by atoms with E-state index in [9.17, 15) is 18.4 Å². The van der Waals surface area contributed by atoms with Crippen LogP contribution in [0.25, 0.3) is 0 Å². The summed E-state index contributed by atoms with van der Waals surface area (Å²) in [6, 6.07) is 3.06. The number of nitrogens with zero attached hydrogens (tertiary/aromatic N) is 2. The molecule has 1 aromatic carbocycles. The largest absolute Gasteiger partial charge is 0.347 e. The van der Waals surface area contributed by atoms with Crippen LogP contribution in [0.3, 0.4) is 0 Å². The van der Waals surface area contributed by atoms with Gasteiger partial charge in [-0.1, -0.05) is 6.07 Å². The van der Waals surface area contributed by atoms with Gasteiger partial charge in [-0.3, -0.25) is 14.5 Å². The number of amides is 2. The fraction of sp³-hybridized carbons (Fsp3) is 0.529. The maximum absolute atomic E-state index is 13.8. The minimum Gasteiger partial charge on any atom is -0.347 e. The molecule has 7 heteroatoms. The molecule has 2 rings (SSSR count). The lowest BCUT2D eigenvalue weighted by Gasteiger charge is -2.23. The lowest BCUT2D eigenvalue weighted by Crippen LogP contribution is -2.47. The molecule has 2 amide bonds. The number of benzene rings is 1. The Morgan fingerprint density at radius 3 is 2.50 bits per heavy atom. The zero-order chi connectivity index (χ0) is 17.9. The van der Waals surface area contributed by atoms with Crippen LogP contribution in [0.2, 0.25) is 0 Å². The van der Waals surface area contributed by atoms with Gasteiger partial charge in [0, 0.05) is 38.3 Å². The highest BCUT2D eigenvalue weighted by Gasteiger charge is 2.31. The summed E-state index contributed by atoms with van der Waals surface area (Å²) in [5, 5.41) is 2.66. The molecule has 1 atom stereocenters. The molecule has 1 unspecified atom stereocenters. The Labute approximate surface area is 140 Å². The van der Waals surface area contributed by atoms with Crippen molar-refractivity contribution in [3.8, 4) is 0 Å². The average Bonchev–Trinajstić information content (AvgIpc) is 3.32. The molecule has 1 aliphatic rings. The minimum absolute atomic E-state index is 0.0759. The van der Waals surface area contributed by atoms with Crippen LogP contribution in [0, 0.1) is 11.6 Å². The molecule has 0 bridgehead atoms. The molecule has 0 spiro atoms. The molecule has 1 aromatic rings. The lowest BCUT2D eigenvalue weighted by molar-refractivity contribution is -0.134. The third-order valence-electron chi connectivity index (χ3n) is 3.99. The van der Waals surface area contributed by atoms with Crippen molar-refractivity contribution >= 4 is 11.8 Å². The number of rotatable bonds is 7. The van der Waals surface area contributed by atoms with Gasteiger partial charge in [-0.25, -0.2) is 8.78 Å². The van der Waals surface area contributed by atoms with E-state index in [2.05, 4.69) is 5.32 Å². The smallest absolute Gasteiger partial charge is 0.244 e. The second-order valence-corrected chi connectivity index (χ2v) is 6.39. The Balaban J connectivity index is 1.96. The summed E-state index contributed by atoms with van der Waals surface area (Å²) in [5.41, 5.74) is 0.355. The first-order chi connectivity index (χ1) is 11.3. The highest BCUT2D eigenvalue weighted by molar-refractivity contribution is 5.87. The van der Waals surface area contributed by atoms with Crippen LogP contribution in [0.5, 0.6) is 0 Å². The van der Waals surface area contributed by atoms with E-state index in [1.807, 2.05) is 4.90 Å². The second-order valence-electron chi connectivity index (χ2n) is 6.39. The highest BCUT2D eigenvalue weighted by Crippen LogP contribution is 2.28. The van der Waals surface area contributed by atoms with Crippen LogP contribution in [-0.2, 0) is 16.1 Å². The molecular weight excluding hydrogens is 316 g/mol. The first-order valence-corrected chi connectivity index (χ1v) is 7.96. The van der Waals surface area contributed by atoms with E-state index in [-0.39, 0.29) is 30.9 Å². The second kappa shape index (κ2) is 7.70. The molecule has 1 aliphatic carbocycles. The molecule has 5 nitrogen and oxygen atoms in total. The van der Waals surface area contributed by atoms with Crippen molar-refractivity contribution in [2.75, 3.05) is 20.6 Å². The minimum atomic E-state index is -0.622. The summed E-state index contributed by atoms with van der Waals surface area (Å²) in [5.74, 6) is -1.71. The van der Waals surface area contributed by atoms with Crippen molar-refractivity contribution in [2.45, 2.75) is 38.4 Å².